The van der Waals surface area contributed by atoms with Gasteiger partial charge < -0.3 is 4.98 Å². The molecule has 1 aromatic heterocycles. The Labute approximate surface area is 155 Å². The molecule has 1 saturated heterocycles. The number of carbonyl (C=O) groups excluding carboxylic acids is 1. The van der Waals surface area contributed by atoms with Gasteiger partial charge in [-0.15, -0.1) is 11.8 Å². The highest BCUT2D eigenvalue weighted by molar-refractivity contribution is 8.00. The minimum atomic E-state index is -0.274. The molecule has 4 nitrogen and oxygen atoms in total. The van der Waals surface area contributed by atoms with Gasteiger partial charge in [0.05, 0.1) is 5.75 Å². The highest BCUT2D eigenvalue weighted by atomic mass is 32.2. The van der Waals surface area contributed by atoms with E-state index in [-0.39, 0.29) is 17.1 Å². The Morgan fingerprint density at radius 3 is 2.62 bits per heavy atom. The Morgan fingerprint density at radius 2 is 1.96 bits per heavy atom. The summed E-state index contributed by atoms with van der Waals surface area (Å²) in [5.41, 5.74) is 4.79. The quantitative estimate of drug-likeness (QED) is 0.735. The van der Waals surface area contributed by atoms with E-state index in [1.165, 1.54) is 12.1 Å². The van der Waals surface area contributed by atoms with Crippen molar-refractivity contribution in [3.8, 4) is 11.4 Å². The van der Waals surface area contributed by atoms with Gasteiger partial charge in [-0.1, -0.05) is 12.1 Å². The van der Waals surface area contributed by atoms with Crippen LogP contribution in [0.3, 0.4) is 0 Å². The molecule has 1 aliphatic heterocycles. The van der Waals surface area contributed by atoms with Crippen LogP contribution in [-0.2, 0) is 4.79 Å². The standard InChI is InChI=1S/C20H18FN3OS/c1-12-9-15(19-22-10-13(2)23-19)5-8-17(12)24-18(25)11-26-20(24)14-3-6-16(21)7-4-14/h3-10,20H,11H2,1-2H3,(H,22,23). The molecular weight excluding hydrogens is 349 g/mol. The van der Waals surface area contributed by atoms with E-state index in [9.17, 15) is 9.18 Å². The van der Waals surface area contributed by atoms with E-state index in [0.29, 0.717) is 5.75 Å². The molecule has 26 heavy (non-hydrogen) atoms. The first-order valence-electron chi connectivity index (χ1n) is 8.35. The number of hydrogen-bond donors (Lipinski definition) is 1. The summed E-state index contributed by atoms with van der Waals surface area (Å²) in [6.45, 7) is 3.96. The van der Waals surface area contributed by atoms with Crippen LogP contribution >= 0.6 is 11.8 Å². The van der Waals surface area contributed by atoms with Crippen LogP contribution in [0.25, 0.3) is 11.4 Å². The van der Waals surface area contributed by atoms with Crippen molar-refractivity contribution >= 4 is 23.4 Å². The van der Waals surface area contributed by atoms with Crippen LogP contribution in [0.1, 0.15) is 22.2 Å². The Kier molecular flexibility index (Phi) is 4.28. The molecule has 0 aliphatic carbocycles. The molecule has 132 valence electrons. The number of aryl methyl sites for hydroxylation is 2. The first-order valence-corrected chi connectivity index (χ1v) is 9.39. The van der Waals surface area contributed by atoms with Crippen LogP contribution in [0.5, 0.6) is 0 Å². The molecule has 6 heteroatoms. The number of imidazole rings is 1. The lowest BCUT2D eigenvalue weighted by Crippen LogP contribution is -2.28. The van der Waals surface area contributed by atoms with Crippen LogP contribution in [0.2, 0.25) is 0 Å². The van der Waals surface area contributed by atoms with Crippen LogP contribution < -0.4 is 4.90 Å². The minimum Gasteiger partial charge on any atom is -0.342 e. The summed E-state index contributed by atoms with van der Waals surface area (Å²) in [7, 11) is 0. The molecule has 1 atom stereocenters. The molecule has 3 aromatic rings. The van der Waals surface area contributed by atoms with E-state index in [4.69, 9.17) is 0 Å². The summed E-state index contributed by atoms with van der Waals surface area (Å²) in [5.74, 6) is 1.02. The molecule has 1 unspecified atom stereocenters. The van der Waals surface area contributed by atoms with Gasteiger partial charge in [-0.3, -0.25) is 9.69 Å². The number of aromatic amines is 1. The molecule has 1 N–H and O–H groups in total. The van der Waals surface area contributed by atoms with Crippen molar-refractivity contribution in [3.63, 3.8) is 0 Å². The number of amides is 1. The number of carbonyl (C=O) groups is 1. The fourth-order valence-corrected chi connectivity index (χ4v) is 4.36. The van der Waals surface area contributed by atoms with Gasteiger partial charge in [0.1, 0.15) is 17.0 Å². The molecule has 2 heterocycles. The Morgan fingerprint density at radius 1 is 1.19 bits per heavy atom. The minimum absolute atomic E-state index is 0.0639. The van der Waals surface area contributed by atoms with E-state index in [0.717, 1.165) is 33.9 Å². The van der Waals surface area contributed by atoms with Gasteiger partial charge in [-0.05, 0) is 55.3 Å². The number of nitrogens with one attached hydrogen (secondary N) is 1. The lowest BCUT2D eigenvalue weighted by Gasteiger charge is -2.26. The Bertz CT molecular complexity index is 967. The van der Waals surface area contributed by atoms with Gasteiger partial charge in [-0.2, -0.15) is 0 Å². The number of H-pyrrole nitrogens is 1. The third-order valence-corrected chi connectivity index (χ3v) is 5.67. The maximum absolute atomic E-state index is 13.2. The fourth-order valence-electron chi connectivity index (χ4n) is 3.19. The highest BCUT2D eigenvalue weighted by Gasteiger charge is 2.34. The molecule has 4 rings (SSSR count). The Balaban J connectivity index is 1.70. The second-order valence-corrected chi connectivity index (χ2v) is 7.46. The first-order chi connectivity index (χ1) is 12.5. The van der Waals surface area contributed by atoms with Crippen LogP contribution in [0, 0.1) is 19.7 Å². The van der Waals surface area contributed by atoms with Gasteiger partial charge in [0.15, 0.2) is 0 Å². The predicted octanol–water partition coefficient (Wildman–Crippen LogP) is 4.61. The number of aromatic nitrogens is 2. The average molecular weight is 367 g/mol. The molecule has 1 fully saturated rings. The summed E-state index contributed by atoms with van der Waals surface area (Å²) in [6.07, 6.45) is 1.80. The molecule has 0 saturated carbocycles. The van der Waals surface area contributed by atoms with Crippen LogP contribution in [0.15, 0.2) is 48.7 Å². The summed E-state index contributed by atoms with van der Waals surface area (Å²) in [5, 5.41) is -0.140. The van der Waals surface area contributed by atoms with Crippen molar-refractivity contribution in [1.82, 2.24) is 9.97 Å². The molecule has 0 bridgehead atoms. The maximum atomic E-state index is 13.2. The number of anilines is 1. The van der Waals surface area contributed by atoms with Crippen molar-refractivity contribution in [2.45, 2.75) is 19.2 Å². The molecule has 1 amide bonds. The lowest BCUT2D eigenvalue weighted by molar-refractivity contribution is -0.115. The van der Waals surface area contributed by atoms with Crippen LogP contribution in [0.4, 0.5) is 10.1 Å². The molecule has 0 spiro atoms. The SMILES string of the molecule is Cc1cnc(-c2ccc(N3C(=O)CSC3c3ccc(F)cc3)c(C)c2)[nH]1. The van der Waals surface area contributed by atoms with E-state index in [1.54, 1.807) is 30.1 Å². The summed E-state index contributed by atoms with van der Waals surface area (Å²) in [4.78, 5) is 21.9. The van der Waals surface area contributed by atoms with Crippen LogP contribution in [-0.4, -0.2) is 21.6 Å². The monoisotopic (exact) mass is 367 g/mol. The third kappa shape index (κ3) is 3.01. The smallest absolute Gasteiger partial charge is 0.238 e. The topological polar surface area (TPSA) is 49.0 Å². The summed E-state index contributed by atoms with van der Waals surface area (Å²) >= 11 is 1.56. The van der Waals surface area contributed by atoms with Gasteiger partial charge in [0.25, 0.3) is 0 Å². The highest BCUT2D eigenvalue weighted by Crippen LogP contribution is 2.43. The Hall–Kier alpha value is -2.60. The van der Waals surface area contributed by atoms with E-state index >= 15 is 0 Å². The van der Waals surface area contributed by atoms with E-state index in [1.807, 2.05) is 36.9 Å². The number of benzene rings is 2. The molecular formula is C20H18FN3OS. The second-order valence-electron chi connectivity index (χ2n) is 6.39. The normalized spacial score (nSPS) is 17.1. The summed E-state index contributed by atoms with van der Waals surface area (Å²) in [6, 6.07) is 12.3. The number of nitrogens with zero attached hydrogens (tertiary/aromatic N) is 2. The van der Waals surface area contributed by atoms with Gasteiger partial charge in [-0.25, -0.2) is 9.37 Å². The summed E-state index contributed by atoms with van der Waals surface area (Å²) < 4.78 is 13.2. The molecule has 0 radical (unpaired) electrons. The van der Waals surface area contributed by atoms with Crippen molar-refractivity contribution in [3.05, 3.63) is 71.3 Å². The number of rotatable bonds is 3. The first kappa shape index (κ1) is 16.8. The van der Waals surface area contributed by atoms with Crippen molar-refractivity contribution in [2.24, 2.45) is 0 Å². The largest absolute Gasteiger partial charge is 0.342 e. The van der Waals surface area contributed by atoms with E-state index < -0.39 is 0 Å². The zero-order chi connectivity index (χ0) is 18.3. The van der Waals surface area contributed by atoms with Crippen molar-refractivity contribution < 1.29 is 9.18 Å². The lowest BCUT2D eigenvalue weighted by atomic mass is 10.1. The molecule has 2 aromatic carbocycles. The van der Waals surface area contributed by atoms with Crippen molar-refractivity contribution in [1.29, 1.82) is 0 Å². The number of hydrogen-bond acceptors (Lipinski definition) is 3. The number of halogens is 1. The predicted molar refractivity (Wildman–Crippen MR) is 103 cm³/mol. The van der Waals surface area contributed by atoms with Crippen molar-refractivity contribution in [2.75, 3.05) is 10.7 Å². The number of thioether (sulfide) groups is 1. The third-order valence-electron chi connectivity index (χ3n) is 4.46. The zero-order valence-corrected chi connectivity index (χ0v) is 15.3. The van der Waals surface area contributed by atoms with Gasteiger partial charge >= 0.3 is 0 Å². The van der Waals surface area contributed by atoms with Gasteiger partial charge in [0.2, 0.25) is 5.91 Å². The molecule has 1 aliphatic rings. The average Bonchev–Trinajstić information content (AvgIpc) is 3.22. The fraction of sp³-hybridized carbons (Fsp3) is 0.200. The van der Waals surface area contributed by atoms with E-state index in [2.05, 4.69) is 9.97 Å². The second kappa shape index (κ2) is 6.61. The maximum Gasteiger partial charge on any atom is 0.238 e. The van der Waals surface area contributed by atoms with Gasteiger partial charge in [0, 0.05) is 23.1 Å². The zero-order valence-electron chi connectivity index (χ0n) is 14.5.